The van der Waals surface area contributed by atoms with E-state index in [4.69, 9.17) is 0 Å². The number of nitrogens with one attached hydrogen (secondary N) is 1. The minimum Gasteiger partial charge on any atom is -0.375 e. The van der Waals surface area contributed by atoms with Gasteiger partial charge in [0, 0.05) is 11.1 Å². The average Bonchev–Trinajstić information content (AvgIpc) is 2.81. The summed E-state index contributed by atoms with van der Waals surface area (Å²) >= 11 is 0. The Hall–Kier alpha value is -1.76. The molecule has 0 saturated carbocycles. The highest BCUT2D eigenvalue weighted by atomic mass is 15.1. The molecule has 1 N–H and O–H groups in total. The Morgan fingerprint density at radius 3 is 2.52 bits per heavy atom. The zero-order valence-corrected chi connectivity index (χ0v) is 13.3. The van der Waals surface area contributed by atoms with Crippen molar-refractivity contribution in [3.8, 4) is 0 Å². The fourth-order valence-electron chi connectivity index (χ4n) is 4.34. The highest BCUT2D eigenvalue weighted by Gasteiger charge is 2.57. The molecule has 1 nitrogen and oxygen atoms in total. The van der Waals surface area contributed by atoms with Crippen molar-refractivity contribution in [1.29, 1.82) is 0 Å². The minimum atomic E-state index is 0.0154. The molecule has 0 bridgehead atoms. The molecule has 0 fully saturated rings. The van der Waals surface area contributed by atoms with Gasteiger partial charge in [-0.05, 0) is 47.6 Å². The van der Waals surface area contributed by atoms with Crippen LogP contribution in [0, 0.1) is 0 Å². The number of anilines is 1. The first-order chi connectivity index (χ1) is 9.96. The minimum absolute atomic E-state index is 0.0154. The summed E-state index contributed by atoms with van der Waals surface area (Å²) in [6.45, 7) is 9.34. The quantitative estimate of drug-likeness (QED) is 0.776. The summed E-state index contributed by atoms with van der Waals surface area (Å²) < 4.78 is 0. The smallest absolute Gasteiger partial charge is 0.0697 e. The van der Waals surface area contributed by atoms with Gasteiger partial charge < -0.3 is 5.32 Å². The van der Waals surface area contributed by atoms with E-state index < -0.39 is 0 Å². The van der Waals surface area contributed by atoms with Gasteiger partial charge >= 0.3 is 0 Å². The van der Waals surface area contributed by atoms with Gasteiger partial charge in [-0.1, -0.05) is 57.2 Å². The van der Waals surface area contributed by atoms with Gasteiger partial charge in [0.1, 0.15) is 0 Å². The SMILES string of the molecule is CC(C)c1ccc2c(c1)C1(C)Cc3ccccc3C1(C)N2. The van der Waals surface area contributed by atoms with Gasteiger partial charge in [0.25, 0.3) is 0 Å². The Labute approximate surface area is 127 Å². The first-order valence-corrected chi connectivity index (χ1v) is 7.97. The zero-order chi connectivity index (χ0) is 14.8. The molecule has 4 rings (SSSR count). The maximum Gasteiger partial charge on any atom is 0.0697 e. The summed E-state index contributed by atoms with van der Waals surface area (Å²) in [5.74, 6) is 0.578. The molecular weight excluding hydrogens is 254 g/mol. The zero-order valence-electron chi connectivity index (χ0n) is 13.3. The Bertz CT molecular complexity index is 730. The van der Waals surface area contributed by atoms with Crippen LogP contribution in [-0.4, -0.2) is 0 Å². The van der Waals surface area contributed by atoms with Crippen molar-refractivity contribution in [1.82, 2.24) is 0 Å². The van der Waals surface area contributed by atoms with Gasteiger partial charge in [-0.2, -0.15) is 0 Å². The van der Waals surface area contributed by atoms with Crippen LogP contribution < -0.4 is 5.32 Å². The summed E-state index contributed by atoms with van der Waals surface area (Å²) in [5.41, 5.74) is 7.38. The van der Waals surface area contributed by atoms with Crippen molar-refractivity contribution in [2.45, 2.75) is 51.0 Å². The van der Waals surface area contributed by atoms with Crippen LogP contribution in [0.2, 0.25) is 0 Å². The van der Waals surface area contributed by atoms with Gasteiger partial charge in [0.05, 0.1) is 5.54 Å². The average molecular weight is 277 g/mol. The molecule has 0 radical (unpaired) electrons. The van der Waals surface area contributed by atoms with E-state index in [1.807, 2.05) is 0 Å². The second-order valence-corrected chi connectivity index (χ2v) is 7.38. The summed E-state index contributed by atoms with van der Waals surface area (Å²) in [4.78, 5) is 0. The monoisotopic (exact) mass is 277 g/mol. The summed E-state index contributed by atoms with van der Waals surface area (Å²) in [5, 5.41) is 3.84. The van der Waals surface area contributed by atoms with Crippen LogP contribution >= 0.6 is 0 Å². The lowest BCUT2D eigenvalue weighted by atomic mass is 9.70. The fourth-order valence-corrected chi connectivity index (χ4v) is 4.34. The normalized spacial score (nSPS) is 29.0. The van der Waals surface area contributed by atoms with E-state index in [1.165, 1.54) is 27.9 Å². The third-order valence-corrected chi connectivity index (χ3v) is 5.89. The number of rotatable bonds is 1. The van der Waals surface area contributed by atoms with Gasteiger partial charge in [0.15, 0.2) is 0 Å². The fraction of sp³-hybridized carbons (Fsp3) is 0.400. The molecule has 108 valence electrons. The Morgan fingerprint density at radius 1 is 1.00 bits per heavy atom. The molecule has 0 amide bonds. The maximum absolute atomic E-state index is 3.84. The number of fused-ring (bicyclic) bond motifs is 5. The van der Waals surface area contributed by atoms with Crippen molar-refractivity contribution in [3.63, 3.8) is 0 Å². The van der Waals surface area contributed by atoms with E-state index >= 15 is 0 Å². The lowest BCUT2D eigenvalue weighted by Gasteiger charge is -2.36. The Kier molecular flexibility index (Phi) is 2.41. The van der Waals surface area contributed by atoms with E-state index in [-0.39, 0.29) is 11.0 Å². The molecule has 0 spiro atoms. The molecule has 1 aliphatic heterocycles. The van der Waals surface area contributed by atoms with Crippen LogP contribution in [0.15, 0.2) is 42.5 Å². The standard InChI is InChI=1S/C20H23N/c1-13(2)14-9-10-18-17(11-14)19(3)12-15-7-5-6-8-16(15)20(19,4)21-18/h5-11,13,21H,12H2,1-4H3. The summed E-state index contributed by atoms with van der Waals surface area (Å²) in [6.07, 6.45) is 1.13. The Morgan fingerprint density at radius 2 is 1.76 bits per heavy atom. The van der Waals surface area contributed by atoms with Gasteiger partial charge in [0.2, 0.25) is 0 Å². The van der Waals surface area contributed by atoms with Crippen molar-refractivity contribution in [2.75, 3.05) is 5.32 Å². The second kappa shape index (κ2) is 3.91. The summed E-state index contributed by atoms with van der Waals surface area (Å²) in [7, 11) is 0. The highest BCUT2D eigenvalue weighted by Crippen LogP contribution is 2.59. The third kappa shape index (κ3) is 1.47. The molecule has 1 aliphatic carbocycles. The molecule has 1 heterocycles. The number of hydrogen-bond acceptors (Lipinski definition) is 1. The van der Waals surface area contributed by atoms with Crippen LogP contribution in [0.4, 0.5) is 5.69 Å². The van der Waals surface area contributed by atoms with Gasteiger partial charge in [-0.15, -0.1) is 0 Å². The van der Waals surface area contributed by atoms with Crippen molar-refractivity contribution in [3.05, 3.63) is 64.7 Å². The van der Waals surface area contributed by atoms with Crippen molar-refractivity contribution >= 4 is 5.69 Å². The lowest BCUT2D eigenvalue weighted by Crippen LogP contribution is -2.42. The first-order valence-electron chi connectivity index (χ1n) is 7.97. The largest absolute Gasteiger partial charge is 0.375 e. The van der Waals surface area contributed by atoms with Crippen LogP contribution in [0.3, 0.4) is 0 Å². The molecule has 2 aliphatic rings. The van der Waals surface area contributed by atoms with Crippen molar-refractivity contribution < 1.29 is 0 Å². The van der Waals surface area contributed by atoms with Crippen LogP contribution in [0.25, 0.3) is 0 Å². The predicted molar refractivity (Wildman–Crippen MR) is 89.0 cm³/mol. The van der Waals surface area contributed by atoms with E-state index in [2.05, 4.69) is 75.5 Å². The van der Waals surface area contributed by atoms with E-state index in [0.717, 1.165) is 6.42 Å². The van der Waals surface area contributed by atoms with Crippen LogP contribution in [0.5, 0.6) is 0 Å². The molecular formula is C20H23N. The molecule has 2 unspecified atom stereocenters. The van der Waals surface area contributed by atoms with Crippen LogP contribution in [-0.2, 0) is 17.4 Å². The topological polar surface area (TPSA) is 12.0 Å². The Balaban J connectivity index is 1.92. The van der Waals surface area contributed by atoms with Crippen LogP contribution in [0.1, 0.15) is 55.9 Å². The number of benzene rings is 2. The van der Waals surface area contributed by atoms with E-state index in [1.54, 1.807) is 0 Å². The van der Waals surface area contributed by atoms with E-state index in [0.29, 0.717) is 5.92 Å². The molecule has 21 heavy (non-hydrogen) atoms. The van der Waals surface area contributed by atoms with Gasteiger partial charge in [-0.3, -0.25) is 0 Å². The molecule has 2 aromatic rings. The number of hydrogen-bond donors (Lipinski definition) is 1. The molecule has 0 aromatic heterocycles. The molecule has 2 aromatic carbocycles. The molecule has 2 atom stereocenters. The first kappa shape index (κ1) is 12.9. The van der Waals surface area contributed by atoms with Crippen molar-refractivity contribution in [2.24, 2.45) is 0 Å². The third-order valence-electron chi connectivity index (χ3n) is 5.89. The van der Waals surface area contributed by atoms with E-state index in [9.17, 15) is 0 Å². The highest BCUT2D eigenvalue weighted by molar-refractivity contribution is 5.70. The van der Waals surface area contributed by atoms with Gasteiger partial charge in [-0.25, -0.2) is 0 Å². The maximum atomic E-state index is 3.84. The predicted octanol–water partition coefficient (Wildman–Crippen LogP) is 4.96. The molecule has 1 heteroatoms. The summed E-state index contributed by atoms with van der Waals surface area (Å²) in [6, 6.07) is 15.9. The lowest BCUT2D eigenvalue weighted by molar-refractivity contribution is 0.341. The molecule has 0 saturated heterocycles. The second-order valence-electron chi connectivity index (χ2n) is 7.38.